The number of aromatic nitrogens is 1. The van der Waals surface area contributed by atoms with E-state index in [9.17, 15) is 4.79 Å². The molecule has 1 aliphatic carbocycles. The molecular weight excluding hydrogens is 236 g/mol. The van der Waals surface area contributed by atoms with Crippen LogP contribution in [0.4, 0.5) is 10.9 Å². The van der Waals surface area contributed by atoms with Gasteiger partial charge >= 0.3 is 0 Å². The van der Waals surface area contributed by atoms with Gasteiger partial charge in [0.05, 0.1) is 0 Å². The van der Waals surface area contributed by atoms with Crippen LogP contribution in [-0.4, -0.2) is 23.5 Å². The van der Waals surface area contributed by atoms with Crippen molar-refractivity contribution in [2.24, 2.45) is 5.92 Å². The van der Waals surface area contributed by atoms with Gasteiger partial charge in [0.15, 0.2) is 5.13 Å². The molecule has 1 aromatic heterocycles. The van der Waals surface area contributed by atoms with Crippen LogP contribution in [0.5, 0.6) is 0 Å². The first kappa shape index (κ1) is 12.2. The van der Waals surface area contributed by atoms with Gasteiger partial charge in [-0.15, -0.1) is 0 Å². The second-order valence-electron chi connectivity index (χ2n) is 4.45. The number of nitrogens with two attached hydrogens (primary N) is 1. The molecule has 2 unspecified atom stereocenters. The molecule has 0 aromatic carbocycles. The van der Waals surface area contributed by atoms with Crippen LogP contribution in [-0.2, 0) is 0 Å². The van der Waals surface area contributed by atoms with Gasteiger partial charge in [-0.05, 0) is 18.8 Å². The van der Waals surface area contributed by atoms with E-state index in [1.54, 1.807) is 0 Å². The highest BCUT2D eigenvalue weighted by Crippen LogP contribution is 2.31. The topological polar surface area (TPSA) is 80.0 Å². The Kier molecular flexibility index (Phi) is 3.51. The van der Waals surface area contributed by atoms with Gasteiger partial charge in [0, 0.05) is 12.6 Å². The summed E-state index contributed by atoms with van der Waals surface area (Å²) in [5.74, 6) is 0.809. The Morgan fingerprint density at radius 2 is 2.35 bits per heavy atom. The lowest BCUT2D eigenvalue weighted by molar-refractivity contribution is 0.0954. The average Bonchev–Trinajstić information content (AvgIpc) is 2.84. The molecule has 0 aliphatic heterocycles. The zero-order valence-corrected chi connectivity index (χ0v) is 10.9. The number of anilines is 2. The summed E-state index contributed by atoms with van der Waals surface area (Å²) in [7, 11) is 0. The van der Waals surface area contributed by atoms with Gasteiger partial charge in [0.25, 0.3) is 5.91 Å². The molecule has 6 heteroatoms. The van der Waals surface area contributed by atoms with Crippen molar-refractivity contribution in [2.45, 2.75) is 32.7 Å². The third-order valence-corrected chi connectivity index (χ3v) is 3.84. The Labute approximate surface area is 105 Å². The lowest BCUT2D eigenvalue weighted by atomic mass is 10.4. The molecule has 0 bridgehead atoms. The third-order valence-electron chi connectivity index (χ3n) is 2.81. The molecule has 0 spiro atoms. The maximum atomic E-state index is 11.9. The summed E-state index contributed by atoms with van der Waals surface area (Å²) < 4.78 is 0. The van der Waals surface area contributed by atoms with E-state index in [1.807, 2.05) is 0 Å². The van der Waals surface area contributed by atoms with Crippen molar-refractivity contribution >= 4 is 28.2 Å². The predicted octanol–water partition coefficient (Wildman–Crippen LogP) is 1.69. The zero-order valence-electron chi connectivity index (χ0n) is 10.1. The molecule has 1 aliphatic rings. The number of nitrogens with one attached hydrogen (secondary N) is 2. The SMILES string of the molecule is CCCNc1nc(N)c(C(=O)NC2CC2C)s1. The van der Waals surface area contributed by atoms with Crippen LogP contribution in [0.15, 0.2) is 0 Å². The fraction of sp³-hybridized carbons (Fsp3) is 0.636. The molecule has 1 amide bonds. The number of nitrogen functional groups attached to an aromatic ring is 1. The maximum Gasteiger partial charge on any atom is 0.265 e. The summed E-state index contributed by atoms with van der Waals surface area (Å²) in [4.78, 5) is 16.6. The quantitative estimate of drug-likeness (QED) is 0.747. The fourth-order valence-electron chi connectivity index (χ4n) is 1.56. The maximum absolute atomic E-state index is 11.9. The monoisotopic (exact) mass is 254 g/mol. The van der Waals surface area contributed by atoms with Gasteiger partial charge < -0.3 is 16.4 Å². The van der Waals surface area contributed by atoms with Gasteiger partial charge in [-0.3, -0.25) is 4.79 Å². The minimum absolute atomic E-state index is 0.0982. The highest BCUT2D eigenvalue weighted by Gasteiger charge is 2.34. The molecule has 1 heterocycles. The number of rotatable bonds is 5. The largest absolute Gasteiger partial charge is 0.382 e. The highest BCUT2D eigenvalue weighted by molar-refractivity contribution is 7.18. The summed E-state index contributed by atoms with van der Waals surface area (Å²) in [6.07, 6.45) is 2.08. The van der Waals surface area contributed by atoms with Gasteiger partial charge in [-0.2, -0.15) is 0 Å². The van der Waals surface area contributed by atoms with Gasteiger partial charge in [0.2, 0.25) is 0 Å². The molecule has 4 N–H and O–H groups in total. The van der Waals surface area contributed by atoms with Gasteiger partial charge in [0.1, 0.15) is 10.7 Å². The van der Waals surface area contributed by atoms with Crippen LogP contribution in [0.3, 0.4) is 0 Å². The molecule has 5 nitrogen and oxygen atoms in total. The Morgan fingerprint density at radius 3 is 2.94 bits per heavy atom. The van der Waals surface area contributed by atoms with Gasteiger partial charge in [-0.25, -0.2) is 4.98 Å². The van der Waals surface area contributed by atoms with E-state index in [1.165, 1.54) is 11.3 Å². The van der Waals surface area contributed by atoms with Crippen LogP contribution in [0.25, 0.3) is 0 Å². The lowest BCUT2D eigenvalue weighted by Crippen LogP contribution is -2.26. The number of carbonyl (C=O) groups excluding carboxylic acids is 1. The van der Waals surface area contributed by atoms with Crippen LogP contribution in [0.2, 0.25) is 0 Å². The van der Waals surface area contributed by atoms with E-state index in [0.29, 0.717) is 22.7 Å². The molecule has 2 rings (SSSR count). The van der Waals surface area contributed by atoms with E-state index < -0.39 is 0 Å². The number of nitrogens with zero attached hydrogens (tertiary/aromatic N) is 1. The fourth-order valence-corrected chi connectivity index (χ4v) is 2.37. The van der Waals surface area contributed by atoms with E-state index in [4.69, 9.17) is 5.73 Å². The summed E-state index contributed by atoms with van der Waals surface area (Å²) in [6, 6.07) is 0.316. The summed E-state index contributed by atoms with van der Waals surface area (Å²) in [5, 5.41) is 6.81. The van der Waals surface area contributed by atoms with E-state index in [0.717, 1.165) is 24.5 Å². The molecule has 1 fully saturated rings. The molecule has 2 atom stereocenters. The molecular formula is C11H18N4OS. The first-order chi connectivity index (χ1) is 8.11. The molecule has 17 heavy (non-hydrogen) atoms. The molecule has 0 radical (unpaired) electrons. The third kappa shape index (κ3) is 2.88. The zero-order chi connectivity index (χ0) is 12.4. The second kappa shape index (κ2) is 4.91. The summed E-state index contributed by atoms with van der Waals surface area (Å²) >= 11 is 1.32. The minimum Gasteiger partial charge on any atom is -0.382 e. The number of amides is 1. The number of carbonyl (C=O) groups is 1. The Morgan fingerprint density at radius 1 is 1.65 bits per heavy atom. The van der Waals surface area contributed by atoms with Crippen LogP contribution in [0.1, 0.15) is 36.4 Å². The van der Waals surface area contributed by atoms with Gasteiger partial charge in [-0.1, -0.05) is 25.2 Å². The normalized spacial score (nSPS) is 22.2. The van der Waals surface area contributed by atoms with E-state index in [2.05, 4.69) is 29.5 Å². The van der Waals surface area contributed by atoms with Crippen molar-refractivity contribution in [3.8, 4) is 0 Å². The first-order valence-electron chi connectivity index (χ1n) is 5.92. The Bertz CT molecular complexity index is 418. The Hall–Kier alpha value is -1.30. The van der Waals surface area contributed by atoms with E-state index in [-0.39, 0.29) is 5.91 Å². The second-order valence-corrected chi connectivity index (χ2v) is 5.45. The van der Waals surface area contributed by atoms with Crippen molar-refractivity contribution < 1.29 is 4.79 Å². The summed E-state index contributed by atoms with van der Waals surface area (Å²) in [6.45, 7) is 5.04. The number of thiazole rings is 1. The average molecular weight is 254 g/mol. The van der Waals surface area contributed by atoms with Crippen molar-refractivity contribution in [3.05, 3.63) is 4.88 Å². The standard InChI is InChI=1S/C11H18N4OS/c1-3-4-13-11-15-9(12)8(17-11)10(16)14-7-5-6(7)2/h6-7H,3-5,12H2,1-2H3,(H,13,15)(H,14,16). The predicted molar refractivity (Wildman–Crippen MR) is 70.3 cm³/mol. The lowest BCUT2D eigenvalue weighted by Gasteiger charge is -2.00. The minimum atomic E-state index is -0.0982. The number of hydrogen-bond acceptors (Lipinski definition) is 5. The number of hydrogen-bond donors (Lipinski definition) is 3. The molecule has 0 saturated heterocycles. The first-order valence-corrected chi connectivity index (χ1v) is 6.74. The molecule has 1 saturated carbocycles. The molecule has 1 aromatic rings. The summed E-state index contributed by atoms with van der Waals surface area (Å²) in [5.41, 5.74) is 5.74. The van der Waals surface area contributed by atoms with Crippen molar-refractivity contribution in [1.29, 1.82) is 0 Å². The molecule has 94 valence electrons. The Balaban J connectivity index is 1.99. The van der Waals surface area contributed by atoms with Crippen LogP contribution < -0.4 is 16.4 Å². The highest BCUT2D eigenvalue weighted by atomic mass is 32.1. The van der Waals surface area contributed by atoms with Crippen LogP contribution >= 0.6 is 11.3 Å². The van der Waals surface area contributed by atoms with Crippen molar-refractivity contribution in [1.82, 2.24) is 10.3 Å². The van der Waals surface area contributed by atoms with Crippen molar-refractivity contribution in [2.75, 3.05) is 17.6 Å². The van der Waals surface area contributed by atoms with E-state index >= 15 is 0 Å². The van der Waals surface area contributed by atoms with Crippen molar-refractivity contribution in [3.63, 3.8) is 0 Å². The smallest absolute Gasteiger partial charge is 0.265 e. The van der Waals surface area contributed by atoms with Crippen LogP contribution in [0, 0.1) is 5.92 Å².